The molecule has 3 aliphatic carbocycles. The highest BCUT2D eigenvalue weighted by Crippen LogP contribution is 2.56. The largest absolute Gasteiger partial charge is 0.340 e. The molecule has 418 valence electrons. The van der Waals surface area contributed by atoms with Crippen LogP contribution in [0.2, 0.25) is 0 Å². The van der Waals surface area contributed by atoms with Crippen LogP contribution in [0.4, 0.5) is 11.9 Å². The molecule has 3 aromatic rings. The number of ketones is 4. The highest BCUT2D eigenvalue weighted by Gasteiger charge is 2.57. The summed E-state index contributed by atoms with van der Waals surface area (Å²) in [7, 11) is 0. The van der Waals surface area contributed by atoms with Crippen molar-refractivity contribution in [1.82, 2.24) is 30.2 Å². The summed E-state index contributed by atoms with van der Waals surface area (Å²) in [6, 6.07) is 14.1. The molecule has 4 aliphatic heterocycles. The van der Waals surface area contributed by atoms with E-state index in [2.05, 4.69) is 106 Å². The van der Waals surface area contributed by atoms with E-state index in [0.717, 1.165) is 122 Å². The fourth-order valence-corrected chi connectivity index (χ4v) is 14.6. The van der Waals surface area contributed by atoms with Crippen molar-refractivity contribution in [3.05, 3.63) is 142 Å². The van der Waals surface area contributed by atoms with Crippen LogP contribution in [0.15, 0.2) is 103 Å². The number of nitrogens with zero attached hydrogens (tertiary/aromatic N) is 10. The number of likely N-dealkylation sites (tertiary alicyclic amines) is 1. The van der Waals surface area contributed by atoms with Crippen molar-refractivity contribution in [2.75, 3.05) is 62.2 Å². The Kier molecular flexibility index (Phi) is 18.8. The monoisotopic (exact) mass is 1070 g/mol. The zero-order chi connectivity index (χ0) is 57.4. The number of hydrogen-bond acceptors (Lipinski definition) is 12. The lowest BCUT2D eigenvalue weighted by atomic mass is 9.54. The lowest BCUT2D eigenvalue weighted by Crippen LogP contribution is -2.57. The molecule has 0 radical (unpaired) electrons. The number of Topliss-reactive ketones (excluding diaryl/α,β-unsaturated/α-hetero) is 4. The van der Waals surface area contributed by atoms with Gasteiger partial charge in [0, 0.05) is 117 Å². The number of carbonyl (C=O) groups is 4. The second-order valence-electron chi connectivity index (χ2n) is 24.5. The van der Waals surface area contributed by atoms with Crippen LogP contribution in [0.1, 0.15) is 126 Å². The molecular formula is C64H83N11O4. The molecule has 0 amide bonds. The third kappa shape index (κ3) is 12.1. The maximum absolute atomic E-state index is 12.6. The number of aromatic nitrogens is 4. The minimum Gasteiger partial charge on any atom is -0.340 e. The fourth-order valence-electron chi connectivity index (χ4n) is 14.6. The summed E-state index contributed by atoms with van der Waals surface area (Å²) in [5.41, 5.74) is 0.547. The zero-order valence-corrected chi connectivity index (χ0v) is 48.5. The lowest BCUT2D eigenvalue weighted by Gasteiger charge is -2.54. The first kappa shape index (κ1) is 59.9. The van der Waals surface area contributed by atoms with Gasteiger partial charge in [-0.05, 0) is 92.4 Å². The Hall–Kier alpha value is -6.73. The Morgan fingerprint density at radius 3 is 1.39 bits per heavy atom. The second-order valence-corrected chi connectivity index (χ2v) is 24.5. The van der Waals surface area contributed by atoms with E-state index >= 15 is 0 Å². The van der Waals surface area contributed by atoms with Crippen LogP contribution in [0.25, 0.3) is 14.5 Å². The number of carbonyl (C=O) groups excluding carboxylic acids is 4. The molecule has 6 heterocycles. The normalized spacial score (nSPS) is 29.4. The smallest absolute Gasteiger partial charge is 0.226 e. The number of fused-ring (bicyclic) bond motifs is 3. The molecule has 7 aliphatic rings. The van der Waals surface area contributed by atoms with Crippen molar-refractivity contribution in [1.29, 1.82) is 0 Å². The lowest BCUT2D eigenvalue weighted by molar-refractivity contribution is -0.131. The van der Waals surface area contributed by atoms with Crippen LogP contribution in [-0.2, 0) is 25.7 Å². The maximum atomic E-state index is 12.6. The van der Waals surface area contributed by atoms with Crippen molar-refractivity contribution in [2.45, 2.75) is 127 Å². The summed E-state index contributed by atoms with van der Waals surface area (Å²) in [5.74, 6) is 3.04. The van der Waals surface area contributed by atoms with Crippen molar-refractivity contribution < 1.29 is 19.2 Å². The Bertz CT molecular complexity index is 2790. The van der Waals surface area contributed by atoms with Gasteiger partial charge in [-0.2, -0.15) is 0 Å². The first-order valence-corrected chi connectivity index (χ1v) is 28.6. The highest BCUT2D eigenvalue weighted by molar-refractivity contribution is 6.03. The average Bonchev–Trinajstić information content (AvgIpc) is 3.59. The number of nitrogens with one attached hydrogen (secondary N) is 1. The van der Waals surface area contributed by atoms with Crippen LogP contribution >= 0.6 is 0 Å². The van der Waals surface area contributed by atoms with Crippen LogP contribution < -0.4 is 15.1 Å². The van der Waals surface area contributed by atoms with Crippen molar-refractivity contribution >= 4 is 35.0 Å². The van der Waals surface area contributed by atoms with E-state index in [1.807, 2.05) is 78.0 Å². The Labute approximate surface area is 470 Å². The van der Waals surface area contributed by atoms with Gasteiger partial charge in [-0.3, -0.25) is 9.69 Å². The summed E-state index contributed by atoms with van der Waals surface area (Å²) in [4.78, 5) is 83.8. The average molecular weight is 1070 g/mol. The van der Waals surface area contributed by atoms with Gasteiger partial charge in [0.1, 0.15) is 5.78 Å². The molecular weight excluding hydrogens is 987 g/mol. The van der Waals surface area contributed by atoms with E-state index in [1.165, 1.54) is 5.56 Å². The zero-order valence-electron chi connectivity index (χ0n) is 48.5. The standard InChI is InChI=1S/2C18H22N4O.C14H20N2O.C14H19NO/c2*1-5-18-11-13(19-4)15(23)17(2,3)14(18)7-10-22(12-18)16-20-8-6-9-21-16;1-5-14-8-10(15-4)12(17)13(2,3)11(14)6-7-16-9-14;1-2-13-11-15(9-8-14(13)16)10-12-6-4-3-5-7-12/h2*6,8-9,11,14H,5,7,10,12H2,1-3H3;8,11,16H,5-7,9H2,1-3H3;3-7,13H,2,8-11H2,1H3/t2*14-,18+;11-,14+;/m100./s1. The number of allylic oxidation sites excluding steroid dienone is 3. The van der Waals surface area contributed by atoms with Crippen LogP contribution in [0.3, 0.4) is 0 Å². The number of hydrogen-bond donors (Lipinski definition) is 1. The molecule has 10 rings (SSSR count). The first-order chi connectivity index (χ1) is 37.7. The van der Waals surface area contributed by atoms with Gasteiger partial charge in [0.15, 0.2) is 17.3 Å². The molecule has 4 saturated heterocycles. The summed E-state index contributed by atoms with van der Waals surface area (Å²) in [5, 5.41) is 3.41. The molecule has 15 heteroatoms. The first-order valence-electron chi connectivity index (χ1n) is 28.6. The van der Waals surface area contributed by atoms with E-state index in [0.29, 0.717) is 28.8 Å². The molecule has 79 heavy (non-hydrogen) atoms. The van der Waals surface area contributed by atoms with E-state index < -0.39 is 16.2 Å². The van der Waals surface area contributed by atoms with Crippen LogP contribution in [-0.4, -0.2) is 100 Å². The van der Waals surface area contributed by atoms with E-state index in [9.17, 15) is 19.2 Å². The minimum absolute atomic E-state index is 0.00442. The van der Waals surface area contributed by atoms with Gasteiger partial charge >= 0.3 is 0 Å². The van der Waals surface area contributed by atoms with E-state index in [1.54, 1.807) is 24.8 Å². The molecule has 1 unspecified atom stereocenters. The summed E-state index contributed by atoms with van der Waals surface area (Å²) in [6.07, 6.45) is 20.2. The van der Waals surface area contributed by atoms with Crippen LogP contribution in [0, 0.1) is 75.9 Å². The van der Waals surface area contributed by atoms with Gasteiger partial charge in [-0.25, -0.2) is 34.5 Å². The van der Waals surface area contributed by atoms with Crippen molar-refractivity contribution in [2.24, 2.45) is 56.2 Å². The second kappa shape index (κ2) is 24.7. The minimum atomic E-state index is -0.492. The Balaban J connectivity index is 0.000000154. The number of rotatable bonds is 8. The summed E-state index contributed by atoms with van der Waals surface area (Å²) >= 11 is 0. The number of benzene rings is 1. The van der Waals surface area contributed by atoms with Gasteiger partial charge in [0.05, 0.1) is 19.7 Å². The van der Waals surface area contributed by atoms with Crippen molar-refractivity contribution in [3.63, 3.8) is 0 Å². The molecule has 7 atom stereocenters. The topological polar surface area (TPSA) is 155 Å². The fraction of sp³-hybridized carbons (Fsp3) is 0.578. The molecule has 0 spiro atoms. The van der Waals surface area contributed by atoms with Gasteiger partial charge in [0.2, 0.25) is 29.0 Å². The summed E-state index contributed by atoms with van der Waals surface area (Å²) in [6.45, 7) is 50.4. The number of anilines is 2. The van der Waals surface area contributed by atoms with E-state index in [4.69, 9.17) is 19.7 Å². The predicted molar refractivity (Wildman–Crippen MR) is 309 cm³/mol. The predicted octanol–water partition coefficient (Wildman–Crippen LogP) is 11.1. The van der Waals surface area contributed by atoms with E-state index in [-0.39, 0.29) is 51.3 Å². The quantitative estimate of drug-likeness (QED) is 0.214. The molecule has 0 bridgehead atoms. The SMILES string of the molecule is CCC1CN(Cc2ccccc2)CCC1=O.[C-]#[N+]C1=C[C@@]2(CC)CN(c3ncccn3)CC[C@@H]2C(C)(C)C1=O.[C-]#[N+]C1=C[C@]2(CC)CN(c3ncccn3)CC[C@H]2C(C)(C)C1=O.[C-]#[N+]C1=C[C@]2(CC)CNCC[C@H]2C(C)(C)C1=O. The van der Waals surface area contributed by atoms with Crippen LogP contribution in [0.5, 0.6) is 0 Å². The summed E-state index contributed by atoms with van der Waals surface area (Å²) < 4.78 is 0. The van der Waals surface area contributed by atoms with Gasteiger partial charge < -0.3 is 29.5 Å². The molecule has 4 fully saturated rings. The molecule has 15 nitrogen and oxygen atoms in total. The van der Waals surface area contributed by atoms with Gasteiger partial charge in [0.25, 0.3) is 0 Å². The Morgan fingerprint density at radius 1 is 0.570 bits per heavy atom. The Morgan fingerprint density at radius 2 is 0.987 bits per heavy atom. The number of piperidine rings is 4. The third-order valence-corrected chi connectivity index (χ3v) is 19.2. The van der Waals surface area contributed by atoms with Gasteiger partial charge in [-0.1, -0.05) is 118 Å². The highest BCUT2D eigenvalue weighted by atomic mass is 16.1. The molecule has 1 N–H and O–H groups in total. The maximum Gasteiger partial charge on any atom is 0.226 e. The molecule has 2 aromatic heterocycles. The molecule has 1 aromatic carbocycles. The van der Waals surface area contributed by atoms with Crippen molar-refractivity contribution in [3.8, 4) is 0 Å². The van der Waals surface area contributed by atoms with Gasteiger partial charge in [-0.15, -0.1) is 0 Å². The molecule has 0 saturated carbocycles. The third-order valence-electron chi connectivity index (χ3n) is 19.2.